The number of carbonyl (C=O) groups is 1. The van der Waals surface area contributed by atoms with E-state index < -0.39 is 11.6 Å². The lowest BCUT2D eigenvalue weighted by Crippen LogP contribution is -2.23. The van der Waals surface area contributed by atoms with Gasteiger partial charge in [0.2, 0.25) is 5.95 Å². The van der Waals surface area contributed by atoms with Crippen molar-refractivity contribution in [2.75, 3.05) is 5.32 Å². The molecule has 0 radical (unpaired) electrons. The minimum absolute atomic E-state index is 0.0616. The number of unbranched alkanes of at least 4 members (excludes halogenated alkanes) is 1. The molecule has 1 N–H and O–H groups in total. The third-order valence-electron chi connectivity index (χ3n) is 5.25. The molecule has 0 saturated heterocycles. The Bertz CT molecular complexity index is 1350. The van der Waals surface area contributed by atoms with Gasteiger partial charge in [0, 0.05) is 5.69 Å². The maximum absolute atomic E-state index is 12.5. The van der Waals surface area contributed by atoms with Gasteiger partial charge in [-0.3, -0.25) is 0 Å². The zero-order valence-corrected chi connectivity index (χ0v) is 22.1. The quantitative estimate of drug-likeness (QED) is 0.218. The highest BCUT2D eigenvalue weighted by molar-refractivity contribution is 5.91. The first-order valence-corrected chi connectivity index (χ1v) is 12.6. The van der Waals surface area contributed by atoms with Gasteiger partial charge in [-0.15, -0.1) is 4.98 Å². The second-order valence-electron chi connectivity index (χ2n) is 9.70. The molecule has 0 atom stereocenters. The van der Waals surface area contributed by atoms with Gasteiger partial charge < -0.3 is 19.5 Å². The van der Waals surface area contributed by atoms with Crippen molar-refractivity contribution in [3.63, 3.8) is 0 Å². The van der Waals surface area contributed by atoms with Crippen LogP contribution in [0.3, 0.4) is 0 Å². The van der Waals surface area contributed by atoms with Crippen LogP contribution in [0.25, 0.3) is 0 Å². The number of rotatable bonds is 10. The van der Waals surface area contributed by atoms with Crippen molar-refractivity contribution in [2.45, 2.75) is 52.6 Å². The van der Waals surface area contributed by atoms with E-state index in [0.29, 0.717) is 22.7 Å². The Balaban J connectivity index is 1.58. The van der Waals surface area contributed by atoms with Crippen molar-refractivity contribution in [3.8, 4) is 23.5 Å². The smallest absolute Gasteiger partial charge is 0.338 e. The monoisotopic (exact) mass is 512 g/mol. The molecule has 0 aliphatic heterocycles. The number of para-hydroxylation sites is 1. The van der Waals surface area contributed by atoms with Gasteiger partial charge in [0.05, 0.1) is 5.56 Å². The number of carbonyl (C=O) groups excluding carboxylic acids is 1. The summed E-state index contributed by atoms with van der Waals surface area (Å²) in [6.45, 7) is 7.65. The van der Waals surface area contributed by atoms with Gasteiger partial charge in [0.25, 0.3) is 0 Å². The molecule has 8 nitrogen and oxygen atoms in total. The third-order valence-corrected chi connectivity index (χ3v) is 5.25. The zero-order chi connectivity index (χ0) is 27.0. The van der Waals surface area contributed by atoms with Crippen LogP contribution in [-0.4, -0.2) is 26.5 Å². The molecule has 0 unspecified atom stereocenters. The van der Waals surface area contributed by atoms with E-state index in [1.807, 2.05) is 63.2 Å². The molecule has 0 fully saturated rings. The number of benzene rings is 3. The summed E-state index contributed by atoms with van der Waals surface area (Å²) in [7, 11) is 0. The van der Waals surface area contributed by atoms with Gasteiger partial charge in [0.1, 0.15) is 17.1 Å². The number of ether oxygens (including phenoxy) is 3. The van der Waals surface area contributed by atoms with E-state index in [0.717, 1.165) is 19.3 Å². The molecular formula is C30H32N4O4. The Kier molecular flexibility index (Phi) is 8.53. The van der Waals surface area contributed by atoms with Crippen molar-refractivity contribution in [1.82, 2.24) is 15.0 Å². The van der Waals surface area contributed by atoms with Crippen LogP contribution in [0, 0.1) is 0 Å². The summed E-state index contributed by atoms with van der Waals surface area (Å²) >= 11 is 0. The third kappa shape index (κ3) is 8.03. The number of esters is 1. The summed E-state index contributed by atoms with van der Waals surface area (Å²) in [5, 5.41) is 3.12. The number of aromatic nitrogens is 3. The molecule has 3 aromatic carbocycles. The summed E-state index contributed by atoms with van der Waals surface area (Å²) in [5.74, 6) is 0.945. The normalized spacial score (nSPS) is 11.1. The first kappa shape index (κ1) is 26.6. The van der Waals surface area contributed by atoms with Gasteiger partial charge in [-0.1, -0.05) is 49.7 Å². The highest BCUT2D eigenvalue weighted by Gasteiger charge is 2.18. The lowest BCUT2D eigenvalue weighted by atomic mass is 10.1. The van der Waals surface area contributed by atoms with Gasteiger partial charge >= 0.3 is 18.0 Å². The largest absolute Gasteiger partial charge is 0.456 e. The minimum Gasteiger partial charge on any atom is -0.456 e. The SMILES string of the molecule is CCCCc1ccc(Oc2nc(Nc3cccc(C(=O)OC(C)(C)C)c3)nc(Oc3ccccc3)n2)cc1. The molecular weight excluding hydrogens is 480 g/mol. The highest BCUT2D eigenvalue weighted by atomic mass is 16.6. The summed E-state index contributed by atoms with van der Waals surface area (Å²) < 4.78 is 17.3. The van der Waals surface area contributed by atoms with E-state index in [2.05, 4.69) is 27.2 Å². The van der Waals surface area contributed by atoms with E-state index in [4.69, 9.17) is 14.2 Å². The first-order chi connectivity index (χ1) is 18.3. The van der Waals surface area contributed by atoms with Crippen LogP contribution in [0.5, 0.6) is 23.5 Å². The molecule has 0 amide bonds. The predicted molar refractivity (Wildman–Crippen MR) is 146 cm³/mol. The number of hydrogen-bond acceptors (Lipinski definition) is 8. The molecule has 0 bridgehead atoms. The molecule has 38 heavy (non-hydrogen) atoms. The van der Waals surface area contributed by atoms with Crippen LogP contribution in [-0.2, 0) is 11.2 Å². The average molecular weight is 513 g/mol. The second-order valence-corrected chi connectivity index (χ2v) is 9.70. The fraction of sp³-hybridized carbons (Fsp3) is 0.267. The van der Waals surface area contributed by atoms with Crippen molar-refractivity contribution < 1.29 is 19.0 Å². The number of hydrogen-bond donors (Lipinski definition) is 1. The van der Waals surface area contributed by atoms with E-state index >= 15 is 0 Å². The summed E-state index contributed by atoms with van der Waals surface area (Å²) in [4.78, 5) is 25.7. The van der Waals surface area contributed by atoms with Crippen molar-refractivity contribution in [3.05, 3.63) is 90.0 Å². The topological polar surface area (TPSA) is 95.5 Å². The summed E-state index contributed by atoms with van der Waals surface area (Å²) in [6, 6.07) is 24.1. The van der Waals surface area contributed by atoms with Gasteiger partial charge in [-0.05, 0) is 81.6 Å². The Morgan fingerprint density at radius 3 is 2.11 bits per heavy atom. The molecule has 4 aromatic rings. The number of anilines is 2. The lowest BCUT2D eigenvalue weighted by molar-refractivity contribution is 0.00695. The highest BCUT2D eigenvalue weighted by Crippen LogP contribution is 2.26. The number of aryl methyl sites for hydroxylation is 1. The van der Waals surface area contributed by atoms with Crippen molar-refractivity contribution >= 4 is 17.6 Å². The fourth-order valence-electron chi connectivity index (χ4n) is 3.48. The van der Waals surface area contributed by atoms with Crippen LogP contribution in [0.2, 0.25) is 0 Å². The van der Waals surface area contributed by atoms with Gasteiger partial charge in [-0.2, -0.15) is 9.97 Å². The Morgan fingerprint density at radius 1 is 0.816 bits per heavy atom. The molecule has 4 rings (SSSR count). The van der Waals surface area contributed by atoms with E-state index in [9.17, 15) is 4.79 Å². The minimum atomic E-state index is -0.598. The summed E-state index contributed by atoms with van der Waals surface area (Å²) in [6.07, 6.45) is 3.30. The lowest BCUT2D eigenvalue weighted by Gasteiger charge is -2.19. The molecule has 1 heterocycles. The summed E-state index contributed by atoms with van der Waals surface area (Å²) in [5.41, 5.74) is 1.64. The van der Waals surface area contributed by atoms with Crippen molar-refractivity contribution in [2.24, 2.45) is 0 Å². The Morgan fingerprint density at radius 2 is 1.47 bits per heavy atom. The molecule has 0 saturated carbocycles. The number of nitrogens with one attached hydrogen (secondary N) is 1. The van der Waals surface area contributed by atoms with Crippen LogP contribution in [0.1, 0.15) is 56.5 Å². The van der Waals surface area contributed by atoms with Gasteiger partial charge in [0.15, 0.2) is 0 Å². The standard InChI is InChI=1S/C30H32N4O4/c1-5-6-11-21-16-18-25(19-17-21)37-29-33-27(32-28(34-29)36-24-14-8-7-9-15-24)31-23-13-10-12-22(20-23)26(35)38-30(2,3)4/h7-10,12-20H,5-6,11H2,1-4H3,(H,31,32,33,34). The van der Waals surface area contributed by atoms with E-state index in [1.54, 1.807) is 36.4 Å². The molecule has 1 aromatic heterocycles. The van der Waals surface area contributed by atoms with Crippen LogP contribution >= 0.6 is 0 Å². The molecule has 0 spiro atoms. The number of nitrogens with zero attached hydrogens (tertiary/aromatic N) is 3. The van der Waals surface area contributed by atoms with Crippen LogP contribution < -0.4 is 14.8 Å². The molecule has 0 aliphatic rings. The van der Waals surface area contributed by atoms with E-state index in [-0.39, 0.29) is 18.0 Å². The Labute approximate surface area is 223 Å². The molecule has 196 valence electrons. The molecule has 0 aliphatic carbocycles. The zero-order valence-electron chi connectivity index (χ0n) is 22.1. The maximum atomic E-state index is 12.5. The van der Waals surface area contributed by atoms with Gasteiger partial charge in [-0.25, -0.2) is 4.79 Å². The first-order valence-electron chi connectivity index (χ1n) is 12.6. The maximum Gasteiger partial charge on any atom is 0.338 e. The average Bonchev–Trinajstić information content (AvgIpc) is 2.88. The van der Waals surface area contributed by atoms with Crippen LogP contribution in [0.15, 0.2) is 78.9 Å². The van der Waals surface area contributed by atoms with E-state index in [1.165, 1.54) is 5.56 Å². The molecule has 8 heteroatoms. The van der Waals surface area contributed by atoms with Crippen LogP contribution in [0.4, 0.5) is 11.6 Å². The van der Waals surface area contributed by atoms with Crippen molar-refractivity contribution in [1.29, 1.82) is 0 Å². The predicted octanol–water partition coefficient (Wildman–Crippen LogP) is 7.50. The Hall–Kier alpha value is -4.46. The second kappa shape index (κ2) is 12.2. The fourth-order valence-corrected chi connectivity index (χ4v) is 3.48.